The lowest BCUT2D eigenvalue weighted by molar-refractivity contribution is 0.203. The van der Waals surface area contributed by atoms with Gasteiger partial charge in [-0.15, -0.1) is 0 Å². The molecule has 0 aromatic carbocycles. The molecule has 2 rings (SSSR count). The molecule has 2 fully saturated rings. The zero-order valence-electron chi connectivity index (χ0n) is 8.27. The van der Waals surface area contributed by atoms with Gasteiger partial charge in [0.05, 0.1) is 0 Å². The molecule has 0 aromatic rings. The van der Waals surface area contributed by atoms with E-state index in [1.807, 2.05) is 0 Å². The van der Waals surface area contributed by atoms with E-state index in [9.17, 15) is 0 Å². The fourth-order valence-corrected chi connectivity index (χ4v) is 3.12. The van der Waals surface area contributed by atoms with Crippen LogP contribution in [0, 0.1) is 5.92 Å². The zero-order valence-corrected chi connectivity index (χ0v) is 8.27. The molecule has 1 saturated carbocycles. The minimum atomic E-state index is 0.479. The summed E-state index contributed by atoms with van der Waals surface area (Å²) in [5, 5.41) is 3.57. The van der Waals surface area contributed by atoms with Crippen LogP contribution in [-0.2, 0) is 0 Å². The lowest BCUT2D eigenvalue weighted by Crippen LogP contribution is -2.51. The molecule has 2 nitrogen and oxygen atoms in total. The first kappa shape index (κ1) is 8.52. The number of rotatable bonds is 1. The summed E-state index contributed by atoms with van der Waals surface area (Å²) in [5.74, 6) is 0.918. The maximum Gasteiger partial charge on any atom is 0.0346 e. The van der Waals surface area contributed by atoms with Gasteiger partial charge in [0.2, 0.25) is 0 Å². The van der Waals surface area contributed by atoms with Crippen LogP contribution in [0.3, 0.4) is 0 Å². The Hall–Kier alpha value is -0.0800. The number of hydrogen-bond donors (Lipinski definition) is 1. The highest BCUT2D eigenvalue weighted by Gasteiger charge is 2.45. The number of likely N-dealkylation sites (N-methyl/N-ethyl adjacent to an activating group) is 2. The smallest absolute Gasteiger partial charge is 0.0346 e. The highest BCUT2D eigenvalue weighted by Crippen LogP contribution is 2.38. The van der Waals surface area contributed by atoms with Crippen molar-refractivity contribution in [3.63, 3.8) is 0 Å². The Labute approximate surface area is 75.3 Å². The van der Waals surface area contributed by atoms with Crippen molar-refractivity contribution in [3.05, 3.63) is 0 Å². The molecule has 1 aliphatic heterocycles. The van der Waals surface area contributed by atoms with E-state index in [-0.39, 0.29) is 0 Å². The first-order valence-corrected chi connectivity index (χ1v) is 5.14. The number of likely N-dealkylation sites (tertiary alicyclic amines) is 1. The fraction of sp³-hybridized carbons (Fsp3) is 1.00. The van der Waals surface area contributed by atoms with Gasteiger partial charge in [-0.05, 0) is 32.9 Å². The zero-order chi connectivity index (χ0) is 8.60. The van der Waals surface area contributed by atoms with Gasteiger partial charge in [-0.1, -0.05) is 12.8 Å². The predicted molar refractivity (Wildman–Crippen MR) is 51.2 cm³/mol. The molecule has 1 saturated heterocycles. The lowest BCUT2D eigenvalue weighted by atomic mass is 9.75. The lowest BCUT2D eigenvalue weighted by Gasteiger charge is -2.38. The molecule has 1 aliphatic carbocycles. The molecule has 0 spiro atoms. The molecule has 0 bridgehead atoms. The van der Waals surface area contributed by atoms with Crippen LogP contribution in [-0.4, -0.2) is 37.6 Å². The van der Waals surface area contributed by atoms with Crippen LogP contribution in [0.1, 0.15) is 25.7 Å². The summed E-state index contributed by atoms with van der Waals surface area (Å²) >= 11 is 0. The molecule has 2 heteroatoms. The maximum atomic E-state index is 3.57. The van der Waals surface area contributed by atoms with Crippen LogP contribution >= 0.6 is 0 Å². The number of nitrogens with zero attached hydrogens (tertiary/aromatic N) is 1. The normalized spacial score (nSPS) is 43.0. The third kappa shape index (κ3) is 1.17. The van der Waals surface area contributed by atoms with Crippen molar-refractivity contribution < 1.29 is 0 Å². The van der Waals surface area contributed by atoms with E-state index in [2.05, 4.69) is 24.3 Å². The van der Waals surface area contributed by atoms with Gasteiger partial charge >= 0.3 is 0 Å². The standard InChI is InChI=1S/C10H20N2/c1-11-10-6-4-3-5-9(10)7-12(2)8-10/h9,11H,3-8H2,1-2H3. The molecule has 2 unspecified atom stereocenters. The summed E-state index contributed by atoms with van der Waals surface area (Å²) in [6.07, 6.45) is 5.69. The Morgan fingerprint density at radius 1 is 1.42 bits per heavy atom. The largest absolute Gasteiger partial charge is 0.313 e. The fourth-order valence-electron chi connectivity index (χ4n) is 3.12. The van der Waals surface area contributed by atoms with Gasteiger partial charge in [0, 0.05) is 18.6 Å². The van der Waals surface area contributed by atoms with E-state index in [0.29, 0.717) is 5.54 Å². The molecule has 1 N–H and O–H groups in total. The van der Waals surface area contributed by atoms with Crippen molar-refractivity contribution in [2.75, 3.05) is 27.2 Å². The summed E-state index contributed by atoms with van der Waals surface area (Å²) in [6.45, 7) is 2.56. The van der Waals surface area contributed by atoms with Gasteiger partial charge in [0.25, 0.3) is 0 Å². The minimum absolute atomic E-state index is 0.479. The van der Waals surface area contributed by atoms with E-state index in [4.69, 9.17) is 0 Å². The van der Waals surface area contributed by atoms with Crippen molar-refractivity contribution in [1.29, 1.82) is 0 Å². The Morgan fingerprint density at radius 2 is 2.25 bits per heavy atom. The van der Waals surface area contributed by atoms with Crippen molar-refractivity contribution >= 4 is 0 Å². The third-order valence-electron chi connectivity index (χ3n) is 3.79. The quantitative estimate of drug-likeness (QED) is 0.630. The summed E-state index contributed by atoms with van der Waals surface area (Å²) in [5.41, 5.74) is 0.479. The Kier molecular flexibility index (Phi) is 2.13. The maximum absolute atomic E-state index is 3.57. The van der Waals surface area contributed by atoms with Gasteiger partial charge in [-0.3, -0.25) is 0 Å². The minimum Gasteiger partial charge on any atom is -0.313 e. The van der Waals surface area contributed by atoms with E-state index < -0.39 is 0 Å². The van der Waals surface area contributed by atoms with Crippen molar-refractivity contribution in [3.8, 4) is 0 Å². The third-order valence-corrected chi connectivity index (χ3v) is 3.79. The van der Waals surface area contributed by atoms with Gasteiger partial charge in [0.1, 0.15) is 0 Å². The van der Waals surface area contributed by atoms with E-state index in [1.165, 1.54) is 38.8 Å². The molecule has 70 valence electrons. The second-order valence-corrected chi connectivity index (χ2v) is 4.55. The Bertz CT molecular complexity index is 169. The molecule has 1 heterocycles. The SMILES string of the molecule is CNC12CCCCC1CN(C)C2. The predicted octanol–water partition coefficient (Wildman–Crippen LogP) is 1.08. The van der Waals surface area contributed by atoms with Crippen LogP contribution in [0.25, 0.3) is 0 Å². The first-order valence-electron chi connectivity index (χ1n) is 5.14. The highest BCUT2D eigenvalue weighted by molar-refractivity contribution is 5.03. The average molecular weight is 168 g/mol. The average Bonchev–Trinajstić information content (AvgIpc) is 2.41. The van der Waals surface area contributed by atoms with Crippen molar-refractivity contribution in [2.45, 2.75) is 31.2 Å². The second-order valence-electron chi connectivity index (χ2n) is 4.55. The number of hydrogen-bond acceptors (Lipinski definition) is 2. The van der Waals surface area contributed by atoms with Crippen molar-refractivity contribution in [1.82, 2.24) is 10.2 Å². The molecule has 2 aliphatic rings. The molecule has 12 heavy (non-hydrogen) atoms. The van der Waals surface area contributed by atoms with E-state index in [1.54, 1.807) is 0 Å². The highest BCUT2D eigenvalue weighted by atomic mass is 15.2. The summed E-state index contributed by atoms with van der Waals surface area (Å²) in [4.78, 5) is 2.48. The van der Waals surface area contributed by atoms with E-state index >= 15 is 0 Å². The van der Waals surface area contributed by atoms with Gasteiger partial charge in [0.15, 0.2) is 0 Å². The molecule has 0 radical (unpaired) electrons. The van der Waals surface area contributed by atoms with Crippen LogP contribution in [0.2, 0.25) is 0 Å². The second kappa shape index (κ2) is 3.00. The Morgan fingerprint density at radius 3 is 2.92 bits per heavy atom. The van der Waals surface area contributed by atoms with Crippen molar-refractivity contribution in [2.24, 2.45) is 5.92 Å². The van der Waals surface area contributed by atoms with Crippen LogP contribution < -0.4 is 5.32 Å². The van der Waals surface area contributed by atoms with Crippen LogP contribution in [0.4, 0.5) is 0 Å². The van der Waals surface area contributed by atoms with Crippen LogP contribution in [0.15, 0.2) is 0 Å². The summed E-state index contributed by atoms with van der Waals surface area (Å²) < 4.78 is 0. The molecule has 2 atom stereocenters. The van der Waals surface area contributed by atoms with E-state index in [0.717, 1.165) is 5.92 Å². The Balaban J connectivity index is 2.14. The summed E-state index contributed by atoms with van der Waals surface area (Å²) in [6, 6.07) is 0. The monoisotopic (exact) mass is 168 g/mol. The molecule has 0 aromatic heterocycles. The van der Waals surface area contributed by atoms with Crippen LogP contribution in [0.5, 0.6) is 0 Å². The molecule has 0 amide bonds. The molecular weight excluding hydrogens is 148 g/mol. The molecular formula is C10H20N2. The number of nitrogens with one attached hydrogen (secondary N) is 1. The first-order chi connectivity index (χ1) is 5.77. The van der Waals surface area contributed by atoms with Gasteiger partial charge in [-0.2, -0.15) is 0 Å². The number of fused-ring (bicyclic) bond motifs is 1. The van der Waals surface area contributed by atoms with Gasteiger partial charge < -0.3 is 10.2 Å². The van der Waals surface area contributed by atoms with Gasteiger partial charge in [-0.25, -0.2) is 0 Å². The summed E-state index contributed by atoms with van der Waals surface area (Å²) in [7, 11) is 4.38. The topological polar surface area (TPSA) is 15.3 Å².